The average molecular weight is 276 g/mol. The summed E-state index contributed by atoms with van der Waals surface area (Å²) in [6, 6.07) is 6.07. The first kappa shape index (κ1) is 10.9. The standard InChI is InChI=1S/C12H10BrN3/c1-8-10(6-14)11(13)12(16(8)2)9-4-3-5-15-7-9/h3-5,7H,1-2H3. The van der Waals surface area contributed by atoms with Crippen LogP contribution in [0.15, 0.2) is 29.0 Å². The van der Waals surface area contributed by atoms with Gasteiger partial charge in [-0.1, -0.05) is 0 Å². The average Bonchev–Trinajstić information content (AvgIpc) is 2.51. The van der Waals surface area contributed by atoms with Crippen LogP contribution >= 0.6 is 15.9 Å². The molecule has 3 nitrogen and oxygen atoms in total. The molecule has 16 heavy (non-hydrogen) atoms. The maximum atomic E-state index is 9.07. The van der Waals surface area contributed by atoms with Crippen molar-refractivity contribution in [3.8, 4) is 17.3 Å². The summed E-state index contributed by atoms with van der Waals surface area (Å²) in [5.41, 5.74) is 3.62. The van der Waals surface area contributed by atoms with E-state index in [4.69, 9.17) is 5.26 Å². The monoisotopic (exact) mass is 275 g/mol. The molecule has 2 aromatic heterocycles. The molecule has 0 unspecified atom stereocenters. The van der Waals surface area contributed by atoms with E-state index in [1.807, 2.05) is 30.7 Å². The minimum atomic E-state index is 0.682. The summed E-state index contributed by atoms with van der Waals surface area (Å²) >= 11 is 3.48. The van der Waals surface area contributed by atoms with Crippen LogP contribution in [-0.4, -0.2) is 9.55 Å². The van der Waals surface area contributed by atoms with Gasteiger partial charge in [0, 0.05) is 30.7 Å². The largest absolute Gasteiger partial charge is 0.346 e. The number of hydrogen-bond donors (Lipinski definition) is 0. The molecule has 2 rings (SSSR count). The van der Waals surface area contributed by atoms with Crippen molar-refractivity contribution in [3.05, 3.63) is 40.3 Å². The van der Waals surface area contributed by atoms with E-state index in [1.54, 1.807) is 12.4 Å². The van der Waals surface area contributed by atoms with Crippen molar-refractivity contribution < 1.29 is 0 Å². The van der Waals surface area contributed by atoms with Gasteiger partial charge in [0.25, 0.3) is 0 Å². The molecule has 0 atom stereocenters. The highest BCUT2D eigenvalue weighted by Gasteiger charge is 2.17. The molecule has 0 radical (unpaired) electrons. The summed E-state index contributed by atoms with van der Waals surface area (Å²) in [4.78, 5) is 4.09. The van der Waals surface area contributed by atoms with Gasteiger partial charge in [0.2, 0.25) is 0 Å². The Morgan fingerprint density at radius 3 is 2.75 bits per heavy atom. The Kier molecular flexibility index (Phi) is 2.80. The second kappa shape index (κ2) is 4.11. The zero-order valence-electron chi connectivity index (χ0n) is 9.03. The van der Waals surface area contributed by atoms with Crippen LogP contribution in [0.5, 0.6) is 0 Å². The topological polar surface area (TPSA) is 41.6 Å². The molecule has 0 spiro atoms. The predicted octanol–water partition coefficient (Wildman–Crippen LogP) is 3.03. The molecule has 0 amide bonds. The van der Waals surface area contributed by atoms with E-state index in [-0.39, 0.29) is 0 Å². The van der Waals surface area contributed by atoms with E-state index >= 15 is 0 Å². The smallest absolute Gasteiger partial charge is 0.102 e. The van der Waals surface area contributed by atoms with Gasteiger partial charge in [0.15, 0.2) is 0 Å². The first-order valence-corrected chi connectivity index (χ1v) is 5.61. The van der Waals surface area contributed by atoms with Crippen molar-refractivity contribution in [1.82, 2.24) is 9.55 Å². The van der Waals surface area contributed by atoms with Gasteiger partial charge in [-0.2, -0.15) is 5.26 Å². The Balaban J connectivity index is 2.73. The van der Waals surface area contributed by atoms with Crippen molar-refractivity contribution in [2.75, 3.05) is 0 Å². The van der Waals surface area contributed by atoms with Crippen LogP contribution in [0.1, 0.15) is 11.3 Å². The van der Waals surface area contributed by atoms with Crippen LogP contribution in [0.25, 0.3) is 11.3 Å². The second-order valence-electron chi connectivity index (χ2n) is 3.54. The number of nitriles is 1. The molecule has 2 aromatic rings. The number of pyridine rings is 1. The number of rotatable bonds is 1. The molecule has 0 saturated carbocycles. The Bertz CT molecular complexity index is 564. The lowest BCUT2D eigenvalue weighted by Crippen LogP contribution is -1.94. The first-order chi connectivity index (χ1) is 7.66. The van der Waals surface area contributed by atoms with Crippen molar-refractivity contribution in [1.29, 1.82) is 5.26 Å². The minimum Gasteiger partial charge on any atom is -0.346 e. The SMILES string of the molecule is Cc1c(C#N)c(Br)c(-c2cccnc2)n1C. The first-order valence-electron chi connectivity index (χ1n) is 4.82. The summed E-state index contributed by atoms with van der Waals surface area (Å²) in [5.74, 6) is 0. The Morgan fingerprint density at radius 1 is 1.50 bits per heavy atom. The number of nitrogens with zero attached hydrogens (tertiary/aromatic N) is 3. The lowest BCUT2D eigenvalue weighted by Gasteiger charge is -2.04. The Hall–Kier alpha value is -1.60. The number of halogens is 1. The Labute approximate surface area is 102 Å². The van der Waals surface area contributed by atoms with Gasteiger partial charge < -0.3 is 4.57 Å². The van der Waals surface area contributed by atoms with Crippen LogP contribution in [-0.2, 0) is 7.05 Å². The third kappa shape index (κ3) is 1.54. The highest BCUT2D eigenvalue weighted by molar-refractivity contribution is 9.10. The lowest BCUT2D eigenvalue weighted by molar-refractivity contribution is 0.887. The summed E-state index contributed by atoms with van der Waals surface area (Å²) in [7, 11) is 1.95. The summed E-state index contributed by atoms with van der Waals surface area (Å²) in [6.45, 7) is 1.93. The molecule has 4 heteroatoms. The molecule has 2 heterocycles. The number of aromatic nitrogens is 2. The summed E-state index contributed by atoms with van der Waals surface area (Å²) in [5, 5.41) is 9.07. The molecular weight excluding hydrogens is 266 g/mol. The maximum Gasteiger partial charge on any atom is 0.102 e. The van der Waals surface area contributed by atoms with Gasteiger partial charge in [-0.05, 0) is 35.0 Å². The second-order valence-corrected chi connectivity index (χ2v) is 4.33. The molecule has 0 fully saturated rings. The van der Waals surface area contributed by atoms with Crippen LogP contribution in [0.4, 0.5) is 0 Å². The van der Waals surface area contributed by atoms with Gasteiger partial charge in [-0.15, -0.1) is 0 Å². The molecule has 0 N–H and O–H groups in total. The predicted molar refractivity (Wildman–Crippen MR) is 65.8 cm³/mol. The molecule has 0 aliphatic carbocycles. The molecule has 80 valence electrons. The zero-order chi connectivity index (χ0) is 11.7. The van der Waals surface area contributed by atoms with Gasteiger partial charge in [-0.25, -0.2) is 0 Å². The quantitative estimate of drug-likeness (QED) is 0.803. The lowest BCUT2D eigenvalue weighted by atomic mass is 10.2. The van der Waals surface area contributed by atoms with E-state index in [9.17, 15) is 0 Å². The molecular formula is C12H10BrN3. The summed E-state index contributed by atoms with van der Waals surface area (Å²) < 4.78 is 2.84. The highest BCUT2D eigenvalue weighted by atomic mass is 79.9. The van der Waals surface area contributed by atoms with Crippen molar-refractivity contribution in [2.45, 2.75) is 6.92 Å². The van der Waals surface area contributed by atoms with Gasteiger partial charge in [0.05, 0.1) is 15.7 Å². The van der Waals surface area contributed by atoms with Crippen molar-refractivity contribution >= 4 is 15.9 Å². The van der Waals surface area contributed by atoms with Crippen LogP contribution in [0.3, 0.4) is 0 Å². The van der Waals surface area contributed by atoms with Crippen LogP contribution in [0, 0.1) is 18.3 Å². The maximum absolute atomic E-state index is 9.07. The molecule has 0 saturated heterocycles. The molecule has 0 aliphatic rings. The van der Waals surface area contributed by atoms with E-state index in [2.05, 4.69) is 27.0 Å². The van der Waals surface area contributed by atoms with E-state index < -0.39 is 0 Å². The van der Waals surface area contributed by atoms with Gasteiger partial charge in [-0.3, -0.25) is 4.98 Å². The van der Waals surface area contributed by atoms with Crippen LogP contribution in [0.2, 0.25) is 0 Å². The van der Waals surface area contributed by atoms with E-state index in [0.29, 0.717) is 5.56 Å². The molecule has 0 bridgehead atoms. The van der Waals surface area contributed by atoms with E-state index in [1.165, 1.54) is 0 Å². The highest BCUT2D eigenvalue weighted by Crippen LogP contribution is 2.34. The fourth-order valence-electron chi connectivity index (χ4n) is 1.71. The minimum absolute atomic E-state index is 0.682. The zero-order valence-corrected chi connectivity index (χ0v) is 10.6. The third-order valence-corrected chi connectivity index (χ3v) is 3.45. The third-order valence-electron chi connectivity index (χ3n) is 2.67. The van der Waals surface area contributed by atoms with Crippen molar-refractivity contribution in [2.24, 2.45) is 7.05 Å². The van der Waals surface area contributed by atoms with E-state index in [0.717, 1.165) is 21.4 Å². The number of hydrogen-bond acceptors (Lipinski definition) is 2. The summed E-state index contributed by atoms with van der Waals surface area (Å²) in [6.07, 6.45) is 3.53. The molecule has 0 aliphatic heterocycles. The van der Waals surface area contributed by atoms with Gasteiger partial charge >= 0.3 is 0 Å². The Morgan fingerprint density at radius 2 is 2.25 bits per heavy atom. The van der Waals surface area contributed by atoms with Crippen molar-refractivity contribution in [3.63, 3.8) is 0 Å². The normalized spacial score (nSPS) is 10.1. The van der Waals surface area contributed by atoms with Gasteiger partial charge in [0.1, 0.15) is 6.07 Å². The molecule has 0 aromatic carbocycles. The van der Waals surface area contributed by atoms with Crippen LogP contribution < -0.4 is 0 Å². The fourth-order valence-corrected chi connectivity index (χ4v) is 2.58. The fraction of sp³-hybridized carbons (Fsp3) is 0.167.